The Kier molecular flexibility index (Phi) is 6.80. The number of methoxy groups -OCH3 is 1. The molecule has 0 radical (unpaired) electrons. The molecule has 1 aromatic rings. The van der Waals surface area contributed by atoms with Crippen LogP contribution >= 0.6 is 0 Å². The molecule has 0 spiro atoms. The van der Waals surface area contributed by atoms with E-state index >= 15 is 0 Å². The van der Waals surface area contributed by atoms with E-state index < -0.39 is 0 Å². The molecule has 7 nitrogen and oxygen atoms in total. The largest absolute Gasteiger partial charge is 0.497 e. The molecule has 136 valence electrons. The van der Waals surface area contributed by atoms with Gasteiger partial charge >= 0.3 is 0 Å². The zero-order valence-electron chi connectivity index (χ0n) is 14.8. The molecule has 0 unspecified atom stereocenters. The number of hydrogen-bond acceptors (Lipinski definition) is 4. The summed E-state index contributed by atoms with van der Waals surface area (Å²) in [6.07, 6.45) is 0.520. The van der Waals surface area contributed by atoms with Gasteiger partial charge in [0.25, 0.3) is 0 Å². The van der Waals surface area contributed by atoms with Gasteiger partial charge < -0.3 is 19.9 Å². The van der Waals surface area contributed by atoms with Gasteiger partial charge in [0.15, 0.2) is 0 Å². The summed E-state index contributed by atoms with van der Waals surface area (Å²) in [5.41, 5.74) is 1.06. The molecule has 1 heterocycles. The van der Waals surface area contributed by atoms with Gasteiger partial charge in [-0.2, -0.15) is 0 Å². The average molecular weight is 347 g/mol. The third-order valence-corrected chi connectivity index (χ3v) is 4.26. The molecule has 1 fully saturated rings. The van der Waals surface area contributed by atoms with Crippen molar-refractivity contribution in [3.05, 3.63) is 29.8 Å². The lowest BCUT2D eigenvalue weighted by Gasteiger charge is -2.34. The van der Waals surface area contributed by atoms with Crippen LogP contribution in [0.3, 0.4) is 0 Å². The highest BCUT2D eigenvalue weighted by Crippen LogP contribution is 2.12. The minimum absolute atomic E-state index is 0.0161. The van der Waals surface area contributed by atoms with Crippen LogP contribution in [0.25, 0.3) is 0 Å². The minimum Gasteiger partial charge on any atom is -0.497 e. The lowest BCUT2D eigenvalue weighted by Crippen LogP contribution is -2.50. The van der Waals surface area contributed by atoms with Crippen LogP contribution < -0.4 is 10.1 Å². The maximum atomic E-state index is 12.1. The van der Waals surface area contributed by atoms with Crippen LogP contribution in [0.5, 0.6) is 5.75 Å². The number of carbonyl (C=O) groups is 3. The van der Waals surface area contributed by atoms with E-state index in [-0.39, 0.29) is 24.1 Å². The Morgan fingerprint density at radius 3 is 2.44 bits per heavy atom. The van der Waals surface area contributed by atoms with Gasteiger partial charge in [0.1, 0.15) is 12.2 Å². The number of amides is 3. The molecule has 1 N–H and O–H groups in total. The summed E-state index contributed by atoms with van der Waals surface area (Å²) in [4.78, 5) is 38.7. The van der Waals surface area contributed by atoms with E-state index in [1.165, 1.54) is 6.92 Å². The fourth-order valence-corrected chi connectivity index (χ4v) is 2.76. The van der Waals surface area contributed by atoms with Crippen molar-refractivity contribution < 1.29 is 19.1 Å². The van der Waals surface area contributed by atoms with E-state index in [0.29, 0.717) is 39.1 Å². The van der Waals surface area contributed by atoms with Gasteiger partial charge in [0, 0.05) is 39.6 Å². The Bertz CT molecular complexity index is 625. The first-order chi connectivity index (χ1) is 12.0. The monoisotopic (exact) mass is 347 g/mol. The first-order valence-corrected chi connectivity index (χ1v) is 8.42. The highest BCUT2D eigenvalue weighted by atomic mass is 16.5. The van der Waals surface area contributed by atoms with Crippen LogP contribution in [0, 0.1) is 0 Å². The smallest absolute Gasteiger partial charge is 0.232 e. The van der Waals surface area contributed by atoms with E-state index in [0.717, 1.165) is 11.3 Å². The number of piperazine rings is 1. The summed E-state index contributed by atoms with van der Waals surface area (Å²) in [5, 5.41) is 2.77. The summed E-state index contributed by atoms with van der Waals surface area (Å²) < 4.78 is 5.16. The third kappa shape index (κ3) is 5.77. The number of hydrogen-bond donors (Lipinski definition) is 1. The molecule has 0 aromatic heterocycles. The average Bonchev–Trinajstić information content (AvgIpc) is 2.62. The summed E-state index contributed by atoms with van der Waals surface area (Å²) in [6, 6.07) is 7.66. The fraction of sp³-hybridized carbons (Fsp3) is 0.500. The minimum atomic E-state index is -0.276. The summed E-state index contributed by atoms with van der Waals surface area (Å²) >= 11 is 0. The zero-order valence-corrected chi connectivity index (χ0v) is 14.8. The van der Waals surface area contributed by atoms with Gasteiger partial charge in [-0.3, -0.25) is 14.4 Å². The lowest BCUT2D eigenvalue weighted by molar-refractivity contribution is -0.141. The van der Waals surface area contributed by atoms with Crippen LogP contribution in [-0.2, 0) is 20.8 Å². The molecule has 1 aliphatic rings. The number of nitrogens with one attached hydrogen (secondary N) is 1. The van der Waals surface area contributed by atoms with Crippen LogP contribution in [0.4, 0.5) is 0 Å². The van der Waals surface area contributed by atoms with Crippen LogP contribution in [0.1, 0.15) is 18.9 Å². The van der Waals surface area contributed by atoms with Crippen molar-refractivity contribution >= 4 is 17.7 Å². The molecule has 0 saturated carbocycles. The SMILES string of the molecule is COc1cccc(CCNC(=O)CC(=O)N2CCN(C(C)=O)CC2)c1. The standard InChI is InChI=1S/C18H25N3O4/c1-14(22)20-8-10-21(11-9-20)18(24)13-17(23)19-7-6-15-4-3-5-16(12-15)25-2/h3-5,12H,6-11,13H2,1-2H3,(H,19,23). The van der Waals surface area contributed by atoms with Crippen LogP contribution in [0.15, 0.2) is 24.3 Å². The second kappa shape index (κ2) is 9.05. The van der Waals surface area contributed by atoms with E-state index in [4.69, 9.17) is 4.74 Å². The quantitative estimate of drug-likeness (QED) is 0.757. The van der Waals surface area contributed by atoms with Gasteiger partial charge in [-0.05, 0) is 24.1 Å². The number of carbonyl (C=O) groups excluding carboxylic acids is 3. The molecule has 0 aliphatic carbocycles. The Labute approximate surface area is 147 Å². The predicted molar refractivity (Wildman–Crippen MR) is 93.2 cm³/mol. The highest BCUT2D eigenvalue weighted by molar-refractivity contribution is 5.97. The van der Waals surface area contributed by atoms with Crippen molar-refractivity contribution in [2.45, 2.75) is 19.8 Å². The second-order valence-corrected chi connectivity index (χ2v) is 6.02. The van der Waals surface area contributed by atoms with Crippen molar-refractivity contribution in [3.63, 3.8) is 0 Å². The van der Waals surface area contributed by atoms with Gasteiger partial charge in [0.2, 0.25) is 17.7 Å². The molecule has 1 saturated heterocycles. The van der Waals surface area contributed by atoms with E-state index in [2.05, 4.69) is 5.32 Å². The first-order valence-electron chi connectivity index (χ1n) is 8.42. The van der Waals surface area contributed by atoms with Crippen LogP contribution in [-0.4, -0.2) is 67.4 Å². The topological polar surface area (TPSA) is 79.0 Å². The molecule has 25 heavy (non-hydrogen) atoms. The number of benzene rings is 1. The second-order valence-electron chi connectivity index (χ2n) is 6.02. The Balaban J connectivity index is 1.69. The van der Waals surface area contributed by atoms with Crippen LogP contribution in [0.2, 0.25) is 0 Å². The fourth-order valence-electron chi connectivity index (χ4n) is 2.76. The Morgan fingerprint density at radius 1 is 1.12 bits per heavy atom. The van der Waals surface area contributed by atoms with Crippen molar-refractivity contribution in [1.82, 2.24) is 15.1 Å². The normalized spacial score (nSPS) is 14.2. The molecule has 2 rings (SSSR count). The third-order valence-electron chi connectivity index (χ3n) is 4.26. The summed E-state index contributed by atoms with van der Waals surface area (Å²) in [5.74, 6) is 0.329. The molecule has 1 aromatic carbocycles. The number of ether oxygens (including phenoxy) is 1. The predicted octanol–water partition coefficient (Wildman–Crippen LogP) is 0.435. The Hall–Kier alpha value is -2.57. The molecular formula is C18H25N3O4. The van der Waals surface area contributed by atoms with Gasteiger partial charge in [0.05, 0.1) is 7.11 Å². The van der Waals surface area contributed by atoms with Gasteiger partial charge in [-0.1, -0.05) is 12.1 Å². The molecular weight excluding hydrogens is 322 g/mol. The number of rotatable bonds is 6. The number of nitrogens with zero attached hydrogens (tertiary/aromatic N) is 2. The van der Waals surface area contributed by atoms with E-state index in [1.54, 1.807) is 16.9 Å². The summed E-state index contributed by atoms with van der Waals surface area (Å²) in [7, 11) is 1.61. The highest BCUT2D eigenvalue weighted by Gasteiger charge is 2.23. The van der Waals surface area contributed by atoms with Crippen molar-refractivity contribution in [2.75, 3.05) is 39.8 Å². The maximum absolute atomic E-state index is 12.1. The van der Waals surface area contributed by atoms with E-state index in [9.17, 15) is 14.4 Å². The Morgan fingerprint density at radius 2 is 1.80 bits per heavy atom. The summed E-state index contributed by atoms with van der Waals surface area (Å²) in [6.45, 7) is 4.01. The molecule has 3 amide bonds. The van der Waals surface area contributed by atoms with E-state index in [1.807, 2.05) is 24.3 Å². The molecule has 0 bridgehead atoms. The molecule has 0 atom stereocenters. The zero-order chi connectivity index (χ0) is 18.2. The van der Waals surface area contributed by atoms with Crippen molar-refractivity contribution in [2.24, 2.45) is 0 Å². The maximum Gasteiger partial charge on any atom is 0.232 e. The van der Waals surface area contributed by atoms with Gasteiger partial charge in [-0.25, -0.2) is 0 Å². The van der Waals surface area contributed by atoms with Gasteiger partial charge in [-0.15, -0.1) is 0 Å². The molecule has 7 heteroatoms. The lowest BCUT2D eigenvalue weighted by atomic mass is 10.1. The van der Waals surface area contributed by atoms with Crippen molar-refractivity contribution in [3.8, 4) is 5.75 Å². The van der Waals surface area contributed by atoms with Crippen molar-refractivity contribution in [1.29, 1.82) is 0 Å². The molecule has 1 aliphatic heterocycles. The first kappa shape index (κ1) is 18.8.